The van der Waals surface area contributed by atoms with E-state index in [2.05, 4.69) is 24.3 Å². The molecule has 0 saturated carbocycles. The van der Waals surface area contributed by atoms with Gasteiger partial charge in [0.1, 0.15) is 0 Å². The molecule has 0 atom stereocenters. The van der Waals surface area contributed by atoms with Crippen LogP contribution in [0.1, 0.15) is 6.42 Å². The molecule has 0 aromatic rings. The summed E-state index contributed by atoms with van der Waals surface area (Å²) in [5.41, 5.74) is 2.87. The number of hydrogen-bond donors (Lipinski definition) is 0. The molecule has 0 heterocycles. The van der Waals surface area contributed by atoms with E-state index < -0.39 is 0 Å². The number of fused-ring (bicyclic) bond motifs is 1. The van der Waals surface area contributed by atoms with E-state index in [0.717, 1.165) is 0 Å². The lowest BCUT2D eigenvalue weighted by molar-refractivity contribution is 1.32. The molecule has 0 nitrogen and oxygen atoms in total. The maximum absolute atomic E-state index is 2.25. The summed E-state index contributed by atoms with van der Waals surface area (Å²) in [7, 11) is 0. The van der Waals surface area contributed by atoms with Gasteiger partial charge in [0.25, 0.3) is 0 Å². The van der Waals surface area contributed by atoms with Crippen molar-refractivity contribution in [2.45, 2.75) is 6.42 Å². The maximum atomic E-state index is 2.25. The van der Waals surface area contributed by atoms with Gasteiger partial charge in [-0.1, -0.05) is 24.3 Å². The summed E-state index contributed by atoms with van der Waals surface area (Å²) < 4.78 is 0. The van der Waals surface area contributed by atoms with Crippen LogP contribution in [0.15, 0.2) is 35.5 Å². The second-order valence-corrected chi connectivity index (χ2v) is 1.96. The molecule has 0 spiro atoms. The van der Waals surface area contributed by atoms with E-state index in [9.17, 15) is 0 Å². The predicted octanol–water partition coefficient (Wildman–Crippen LogP) is 1.81. The summed E-state index contributed by atoms with van der Waals surface area (Å²) in [6.07, 6.45) is 9.97. The minimum atomic E-state index is 1.17. The zero-order valence-corrected chi connectivity index (χ0v) is 4.02. The highest BCUT2D eigenvalue weighted by Crippen LogP contribution is 2.25. The Balaban J connectivity index is 2.63. The molecule has 0 fully saturated rings. The Hall–Kier alpha value is -0.780. The van der Waals surface area contributed by atoms with Crippen LogP contribution in [0, 0.1) is 0 Å². The summed E-state index contributed by atoms with van der Waals surface area (Å²) in [5.74, 6) is 0. The van der Waals surface area contributed by atoms with Crippen LogP contribution in [0.5, 0.6) is 0 Å². The maximum Gasteiger partial charge on any atom is -0.00882 e. The highest BCUT2D eigenvalue weighted by atomic mass is 14.1. The van der Waals surface area contributed by atoms with Crippen LogP contribution in [0.25, 0.3) is 0 Å². The van der Waals surface area contributed by atoms with Crippen molar-refractivity contribution in [3.63, 3.8) is 0 Å². The van der Waals surface area contributed by atoms with Gasteiger partial charge in [0.15, 0.2) is 0 Å². The first kappa shape index (κ1) is 3.25. The molecular weight excluding hydrogens is 84.1 g/mol. The van der Waals surface area contributed by atoms with Crippen LogP contribution < -0.4 is 0 Å². The van der Waals surface area contributed by atoms with E-state index in [1.807, 2.05) is 0 Å². The fourth-order valence-corrected chi connectivity index (χ4v) is 1.00. The molecule has 7 heavy (non-hydrogen) atoms. The van der Waals surface area contributed by atoms with Crippen LogP contribution in [0.2, 0.25) is 0 Å². The third-order valence-electron chi connectivity index (χ3n) is 1.42. The standard InChI is InChI=1S/C7H6/c1-2-7-4-3-6(1)5-7/h1-3,5H,4H2. The molecule has 0 aliphatic heterocycles. The van der Waals surface area contributed by atoms with Gasteiger partial charge in [-0.25, -0.2) is 0 Å². The van der Waals surface area contributed by atoms with E-state index in [-0.39, 0.29) is 0 Å². The smallest absolute Gasteiger partial charge is 0.00882 e. The molecule has 2 bridgehead atoms. The molecule has 0 heteroatoms. The van der Waals surface area contributed by atoms with Crippen molar-refractivity contribution < 1.29 is 0 Å². The molecule has 0 radical (unpaired) electrons. The fourth-order valence-electron chi connectivity index (χ4n) is 1.00. The average Bonchev–Trinajstić information content (AvgIpc) is 2.22. The lowest BCUT2D eigenvalue weighted by atomic mass is 10.2. The highest BCUT2D eigenvalue weighted by molar-refractivity contribution is 5.51. The van der Waals surface area contributed by atoms with E-state index in [1.54, 1.807) is 0 Å². The molecule has 34 valence electrons. The van der Waals surface area contributed by atoms with E-state index in [0.29, 0.717) is 0 Å². The Morgan fingerprint density at radius 3 is 2.43 bits per heavy atom. The molecule has 2 aliphatic rings. The second-order valence-electron chi connectivity index (χ2n) is 1.96. The van der Waals surface area contributed by atoms with Gasteiger partial charge in [-0.05, 0) is 17.6 Å². The Bertz CT molecular complexity index is 180. The monoisotopic (exact) mass is 90.0 g/mol. The SMILES string of the molecule is C1=CC2=CC1=CC2. The lowest BCUT2D eigenvalue weighted by Gasteiger charge is -1.86. The Labute approximate surface area is 42.8 Å². The topological polar surface area (TPSA) is 0 Å². The van der Waals surface area contributed by atoms with Gasteiger partial charge in [0, 0.05) is 0 Å². The number of hydrogen-bond acceptors (Lipinski definition) is 0. The predicted molar refractivity (Wildman–Crippen MR) is 29.9 cm³/mol. The minimum absolute atomic E-state index is 1.17. The van der Waals surface area contributed by atoms with Gasteiger partial charge in [-0.3, -0.25) is 0 Å². The van der Waals surface area contributed by atoms with Gasteiger partial charge in [-0.2, -0.15) is 0 Å². The van der Waals surface area contributed by atoms with Crippen LogP contribution in [0.4, 0.5) is 0 Å². The minimum Gasteiger partial charge on any atom is -0.0729 e. The first-order chi connectivity index (χ1) is 3.45. The van der Waals surface area contributed by atoms with Crippen molar-refractivity contribution in [1.82, 2.24) is 0 Å². The quantitative estimate of drug-likeness (QED) is 0.425. The molecular formula is C7H6. The zero-order valence-electron chi connectivity index (χ0n) is 4.02. The largest absolute Gasteiger partial charge is 0.0729 e. The zero-order chi connectivity index (χ0) is 4.69. The van der Waals surface area contributed by atoms with Gasteiger partial charge in [-0.15, -0.1) is 0 Å². The van der Waals surface area contributed by atoms with Gasteiger partial charge in [0.05, 0.1) is 0 Å². The van der Waals surface area contributed by atoms with Crippen molar-refractivity contribution in [3.05, 3.63) is 35.5 Å². The summed E-state index contributed by atoms with van der Waals surface area (Å²) >= 11 is 0. The number of allylic oxidation sites excluding steroid dienone is 6. The third kappa shape index (κ3) is 0.310. The Kier molecular flexibility index (Phi) is 0.413. The van der Waals surface area contributed by atoms with E-state index in [1.165, 1.54) is 17.6 Å². The third-order valence-corrected chi connectivity index (χ3v) is 1.42. The lowest BCUT2D eigenvalue weighted by Crippen LogP contribution is -1.67. The van der Waals surface area contributed by atoms with Crippen molar-refractivity contribution in [2.24, 2.45) is 0 Å². The van der Waals surface area contributed by atoms with Crippen LogP contribution in [0.3, 0.4) is 0 Å². The van der Waals surface area contributed by atoms with Crippen molar-refractivity contribution >= 4 is 0 Å². The molecule has 0 amide bonds. The Morgan fingerprint density at radius 2 is 2.29 bits per heavy atom. The summed E-state index contributed by atoms with van der Waals surface area (Å²) in [5, 5.41) is 0. The molecule has 2 aliphatic carbocycles. The first-order valence-corrected chi connectivity index (χ1v) is 2.54. The van der Waals surface area contributed by atoms with Crippen molar-refractivity contribution in [3.8, 4) is 0 Å². The van der Waals surface area contributed by atoms with Gasteiger partial charge < -0.3 is 0 Å². The van der Waals surface area contributed by atoms with Gasteiger partial charge in [0.2, 0.25) is 0 Å². The summed E-state index contributed by atoms with van der Waals surface area (Å²) in [4.78, 5) is 0. The van der Waals surface area contributed by atoms with E-state index >= 15 is 0 Å². The molecule has 0 unspecified atom stereocenters. The van der Waals surface area contributed by atoms with E-state index in [4.69, 9.17) is 0 Å². The molecule has 0 aromatic carbocycles. The fraction of sp³-hybridized carbons (Fsp3) is 0.143. The molecule has 0 N–H and O–H groups in total. The summed E-state index contributed by atoms with van der Waals surface area (Å²) in [6, 6.07) is 0. The van der Waals surface area contributed by atoms with Crippen LogP contribution in [-0.2, 0) is 0 Å². The van der Waals surface area contributed by atoms with Crippen molar-refractivity contribution in [2.75, 3.05) is 0 Å². The molecule has 2 rings (SSSR count). The Morgan fingerprint density at radius 1 is 1.29 bits per heavy atom. The van der Waals surface area contributed by atoms with Crippen LogP contribution in [-0.4, -0.2) is 0 Å². The summed E-state index contributed by atoms with van der Waals surface area (Å²) in [6.45, 7) is 0. The van der Waals surface area contributed by atoms with Crippen LogP contribution >= 0.6 is 0 Å². The second kappa shape index (κ2) is 0.890. The number of rotatable bonds is 0. The van der Waals surface area contributed by atoms with Gasteiger partial charge >= 0.3 is 0 Å². The first-order valence-electron chi connectivity index (χ1n) is 2.54. The van der Waals surface area contributed by atoms with Crippen molar-refractivity contribution in [1.29, 1.82) is 0 Å². The molecule has 0 aromatic heterocycles. The molecule has 0 saturated heterocycles. The highest BCUT2D eigenvalue weighted by Gasteiger charge is 2.05. The normalized spacial score (nSPS) is 22.9. The average molecular weight is 90.1 g/mol.